The van der Waals surface area contributed by atoms with Crippen LogP contribution in [0.3, 0.4) is 0 Å². The van der Waals surface area contributed by atoms with Gasteiger partial charge in [-0.1, -0.05) is 34.0 Å². The number of benzene rings is 1. The highest BCUT2D eigenvalue weighted by atomic mass is 79.9. The Morgan fingerprint density at radius 2 is 2.00 bits per heavy atom. The lowest BCUT2D eigenvalue weighted by atomic mass is 10.0. The molecule has 0 N–H and O–H groups in total. The average molecular weight is 341 g/mol. The van der Waals surface area contributed by atoms with Crippen LogP contribution in [0.15, 0.2) is 16.6 Å². The van der Waals surface area contributed by atoms with Crippen molar-refractivity contribution in [1.29, 1.82) is 0 Å². The SMILES string of the molecule is COc1ccc(Br)c2c(Cl)c3c(nc12)CCCCC3. The second-order valence-electron chi connectivity index (χ2n) is 4.88. The lowest BCUT2D eigenvalue weighted by molar-refractivity contribution is 0.418. The molecule has 0 bridgehead atoms. The van der Waals surface area contributed by atoms with Crippen molar-refractivity contribution in [3.63, 3.8) is 0 Å². The van der Waals surface area contributed by atoms with Gasteiger partial charge in [0, 0.05) is 15.6 Å². The molecule has 0 aliphatic heterocycles. The summed E-state index contributed by atoms with van der Waals surface area (Å²) in [6.45, 7) is 0. The minimum atomic E-state index is 0.784. The highest BCUT2D eigenvalue weighted by molar-refractivity contribution is 9.10. The smallest absolute Gasteiger partial charge is 0.145 e. The second-order valence-corrected chi connectivity index (χ2v) is 6.12. The van der Waals surface area contributed by atoms with E-state index in [1.165, 1.54) is 24.8 Å². The molecule has 1 aliphatic carbocycles. The number of ether oxygens (including phenoxy) is 1. The molecule has 0 saturated heterocycles. The zero-order valence-electron chi connectivity index (χ0n) is 10.8. The Morgan fingerprint density at radius 1 is 1.21 bits per heavy atom. The molecule has 100 valence electrons. The highest BCUT2D eigenvalue weighted by Gasteiger charge is 2.19. The molecule has 0 radical (unpaired) electrons. The van der Waals surface area contributed by atoms with Gasteiger partial charge >= 0.3 is 0 Å². The standard InChI is InChI=1S/C15H15BrClNO/c1-19-12-8-7-10(16)13-14(17)9-5-3-2-4-6-11(9)18-15(12)13/h7-8H,2-6H2,1H3. The molecule has 0 unspecified atom stereocenters. The third kappa shape index (κ3) is 2.23. The highest BCUT2D eigenvalue weighted by Crippen LogP contribution is 2.39. The predicted octanol–water partition coefficient (Wildman–Crippen LogP) is 4.93. The number of nitrogens with zero attached hydrogens (tertiary/aromatic N) is 1. The third-order valence-electron chi connectivity index (χ3n) is 3.73. The van der Waals surface area contributed by atoms with Crippen molar-refractivity contribution in [3.05, 3.63) is 32.9 Å². The summed E-state index contributed by atoms with van der Waals surface area (Å²) in [5.74, 6) is 0.784. The normalized spacial score (nSPS) is 15.1. The maximum atomic E-state index is 6.64. The number of aryl methyl sites for hydroxylation is 1. The Labute approximate surface area is 126 Å². The van der Waals surface area contributed by atoms with Crippen LogP contribution in [0.1, 0.15) is 30.5 Å². The van der Waals surface area contributed by atoms with Gasteiger partial charge in [-0.05, 0) is 43.4 Å². The van der Waals surface area contributed by atoms with E-state index in [4.69, 9.17) is 21.3 Å². The van der Waals surface area contributed by atoms with E-state index in [9.17, 15) is 0 Å². The van der Waals surface area contributed by atoms with Gasteiger partial charge in [-0.25, -0.2) is 4.98 Å². The molecule has 1 heterocycles. The fraction of sp³-hybridized carbons (Fsp3) is 0.400. The van der Waals surface area contributed by atoms with Crippen LogP contribution in [0, 0.1) is 0 Å². The fourth-order valence-electron chi connectivity index (χ4n) is 2.74. The first-order valence-corrected chi connectivity index (χ1v) is 7.73. The molecule has 4 heteroatoms. The molecular formula is C15H15BrClNO. The minimum Gasteiger partial charge on any atom is -0.494 e. The van der Waals surface area contributed by atoms with E-state index in [1.807, 2.05) is 12.1 Å². The van der Waals surface area contributed by atoms with E-state index in [2.05, 4.69) is 15.9 Å². The molecule has 0 amide bonds. The van der Waals surface area contributed by atoms with Gasteiger partial charge in [-0.2, -0.15) is 0 Å². The third-order valence-corrected chi connectivity index (χ3v) is 4.81. The number of hydrogen-bond acceptors (Lipinski definition) is 2. The molecule has 0 fully saturated rings. The van der Waals surface area contributed by atoms with Crippen LogP contribution in [0.5, 0.6) is 5.75 Å². The summed E-state index contributed by atoms with van der Waals surface area (Å²) >= 11 is 10.2. The summed E-state index contributed by atoms with van der Waals surface area (Å²) in [5, 5.41) is 1.81. The number of halogens is 2. The Kier molecular flexibility index (Phi) is 3.68. The van der Waals surface area contributed by atoms with Gasteiger partial charge in [0.1, 0.15) is 11.3 Å². The van der Waals surface area contributed by atoms with Gasteiger partial charge < -0.3 is 4.74 Å². The molecular weight excluding hydrogens is 326 g/mol. The van der Waals surface area contributed by atoms with Gasteiger partial charge in [0.05, 0.1) is 12.1 Å². The maximum Gasteiger partial charge on any atom is 0.145 e. The molecule has 3 rings (SSSR count). The van der Waals surface area contributed by atoms with E-state index >= 15 is 0 Å². The lowest BCUT2D eigenvalue weighted by Gasteiger charge is -2.14. The molecule has 2 nitrogen and oxygen atoms in total. The number of methoxy groups -OCH3 is 1. The Hall–Kier alpha value is -0.800. The van der Waals surface area contributed by atoms with Crippen molar-refractivity contribution in [2.75, 3.05) is 7.11 Å². The van der Waals surface area contributed by atoms with Gasteiger partial charge in [-0.15, -0.1) is 0 Å². The molecule has 2 aromatic rings. The van der Waals surface area contributed by atoms with E-state index < -0.39 is 0 Å². The minimum absolute atomic E-state index is 0.784. The first-order valence-electron chi connectivity index (χ1n) is 6.56. The van der Waals surface area contributed by atoms with Crippen LogP contribution in [0.25, 0.3) is 10.9 Å². The summed E-state index contributed by atoms with van der Waals surface area (Å²) in [4.78, 5) is 4.83. The van der Waals surface area contributed by atoms with Gasteiger partial charge in [0.2, 0.25) is 0 Å². The Morgan fingerprint density at radius 3 is 2.79 bits per heavy atom. The lowest BCUT2D eigenvalue weighted by Crippen LogP contribution is -2.00. The van der Waals surface area contributed by atoms with Crippen molar-refractivity contribution in [2.45, 2.75) is 32.1 Å². The number of aromatic nitrogens is 1. The molecule has 0 saturated carbocycles. The topological polar surface area (TPSA) is 22.1 Å². The summed E-state index contributed by atoms with van der Waals surface area (Å²) in [7, 11) is 1.67. The second kappa shape index (κ2) is 5.29. The summed E-state index contributed by atoms with van der Waals surface area (Å²) in [6.07, 6.45) is 5.68. The molecule has 0 spiro atoms. The largest absolute Gasteiger partial charge is 0.494 e. The van der Waals surface area contributed by atoms with E-state index in [-0.39, 0.29) is 0 Å². The number of fused-ring (bicyclic) bond motifs is 2. The van der Waals surface area contributed by atoms with Crippen LogP contribution < -0.4 is 4.74 Å². The van der Waals surface area contributed by atoms with Crippen molar-refractivity contribution in [2.24, 2.45) is 0 Å². The Balaban J connectivity index is 2.36. The summed E-state index contributed by atoms with van der Waals surface area (Å²) in [6, 6.07) is 3.90. The molecule has 1 aromatic heterocycles. The van der Waals surface area contributed by atoms with Crippen molar-refractivity contribution in [1.82, 2.24) is 4.98 Å². The van der Waals surface area contributed by atoms with Crippen molar-refractivity contribution < 1.29 is 4.74 Å². The molecule has 19 heavy (non-hydrogen) atoms. The molecule has 1 aliphatic rings. The van der Waals surface area contributed by atoms with Gasteiger partial charge in [0.25, 0.3) is 0 Å². The number of rotatable bonds is 1. The molecule has 0 atom stereocenters. The van der Waals surface area contributed by atoms with E-state index in [0.717, 1.165) is 44.7 Å². The van der Waals surface area contributed by atoms with Crippen molar-refractivity contribution in [3.8, 4) is 5.75 Å². The first-order chi connectivity index (χ1) is 9.22. The van der Waals surface area contributed by atoms with Crippen LogP contribution >= 0.6 is 27.5 Å². The number of hydrogen-bond donors (Lipinski definition) is 0. The van der Waals surface area contributed by atoms with Gasteiger partial charge in [-0.3, -0.25) is 0 Å². The average Bonchev–Trinajstić information content (AvgIpc) is 2.64. The predicted molar refractivity (Wildman–Crippen MR) is 82.3 cm³/mol. The van der Waals surface area contributed by atoms with Gasteiger partial charge in [0.15, 0.2) is 0 Å². The van der Waals surface area contributed by atoms with Crippen molar-refractivity contribution >= 4 is 38.4 Å². The van der Waals surface area contributed by atoms with Crippen LogP contribution in [0.4, 0.5) is 0 Å². The van der Waals surface area contributed by atoms with Crippen LogP contribution in [0.2, 0.25) is 5.02 Å². The number of pyridine rings is 1. The monoisotopic (exact) mass is 339 g/mol. The van der Waals surface area contributed by atoms with E-state index in [0.29, 0.717) is 0 Å². The zero-order chi connectivity index (χ0) is 13.4. The summed E-state index contributed by atoms with van der Waals surface area (Å²) in [5.41, 5.74) is 3.23. The molecule has 1 aromatic carbocycles. The van der Waals surface area contributed by atoms with E-state index in [1.54, 1.807) is 7.11 Å². The summed E-state index contributed by atoms with van der Waals surface area (Å²) < 4.78 is 6.40. The quantitative estimate of drug-likeness (QED) is 0.687. The maximum absolute atomic E-state index is 6.64. The zero-order valence-corrected chi connectivity index (χ0v) is 13.1. The Bertz CT molecular complexity index is 642. The first kappa shape index (κ1) is 13.2. The van der Waals surface area contributed by atoms with Crippen LogP contribution in [-0.4, -0.2) is 12.1 Å². The van der Waals surface area contributed by atoms with Crippen LogP contribution in [-0.2, 0) is 12.8 Å². The fourth-order valence-corrected chi connectivity index (χ4v) is 3.77.